The van der Waals surface area contributed by atoms with Crippen molar-refractivity contribution in [3.8, 4) is 0 Å². The number of hydrogen-bond acceptors (Lipinski definition) is 5. The van der Waals surface area contributed by atoms with Crippen molar-refractivity contribution in [2.45, 2.75) is 25.6 Å². The Kier molecular flexibility index (Phi) is 6.36. The van der Waals surface area contributed by atoms with Crippen molar-refractivity contribution in [2.24, 2.45) is 0 Å². The van der Waals surface area contributed by atoms with E-state index >= 15 is 0 Å². The average molecular weight is 476 g/mol. The third kappa shape index (κ3) is 4.71. The van der Waals surface area contributed by atoms with Gasteiger partial charge in [-0.15, -0.1) is 0 Å². The second kappa shape index (κ2) is 8.59. The van der Waals surface area contributed by atoms with Crippen molar-refractivity contribution in [1.82, 2.24) is 15.0 Å². The molecule has 148 valence electrons. The first-order chi connectivity index (χ1) is 13.3. The van der Waals surface area contributed by atoms with Gasteiger partial charge in [0.05, 0.1) is 10.9 Å². The van der Waals surface area contributed by atoms with E-state index in [0.717, 1.165) is 6.07 Å². The van der Waals surface area contributed by atoms with Crippen molar-refractivity contribution >= 4 is 44.4 Å². The summed E-state index contributed by atoms with van der Waals surface area (Å²) in [6.45, 7) is -0.0927. The third-order valence-corrected chi connectivity index (χ3v) is 4.70. The van der Waals surface area contributed by atoms with Crippen LogP contribution in [0.5, 0.6) is 0 Å². The van der Waals surface area contributed by atoms with Crippen LogP contribution >= 0.6 is 27.5 Å². The Balaban J connectivity index is 1.97. The minimum Gasteiger partial charge on any atom is -0.396 e. The van der Waals surface area contributed by atoms with Crippen molar-refractivity contribution in [1.29, 1.82) is 0 Å². The molecule has 3 rings (SSSR count). The van der Waals surface area contributed by atoms with Crippen LogP contribution in [-0.2, 0) is 19.1 Å². The Morgan fingerprint density at radius 3 is 2.71 bits per heavy atom. The molecular weight excluding hydrogens is 461 g/mol. The number of aromatic nitrogens is 3. The number of alkyl halides is 3. The number of halogens is 5. The Labute approximate surface area is 172 Å². The highest BCUT2D eigenvalue weighted by Gasteiger charge is 2.33. The number of aliphatic hydroxyl groups excluding tert-OH is 1. The molecule has 0 spiro atoms. The minimum absolute atomic E-state index is 0.0191. The van der Waals surface area contributed by atoms with Crippen LogP contribution in [0.4, 0.5) is 19.0 Å². The van der Waals surface area contributed by atoms with Gasteiger partial charge in [-0.1, -0.05) is 12.1 Å². The van der Waals surface area contributed by atoms with Gasteiger partial charge < -0.3 is 10.4 Å². The number of fused-ring (bicyclic) bond motifs is 1. The summed E-state index contributed by atoms with van der Waals surface area (Å²) >= 11 is 9.26. The van der Waals surface area contributed by atoms with E-state index in [-0.39, 0.29) is 36.8 Å². The van der Waals surface area contributed by atoms with E-state index in [1.54, 1.807) is 18.3 Å². The average Bonchev–Trinajstić information content (AvgIpc) is 2.64. The lowest BCUT2D eigenvalue weighted by Crippen LogP contribution is -2.14. The molecule has 0 aliphatic rings. The zero-order valence-electron chi connectivity index (χ0n) is 14.4. The molecule has 2 aromatic heterocycles. The van der Waals surface area contributed by atoms with Crippen LogP contribution in [0.2, 0.25) is 5.28 Å². The zero-order valence-corrected chi connectivity index (χ0v) is 16.7. The van der Waals surface area contributed by atoms with Crippen molar-refractivity contribution in [2.75, 3.05) is 11.9 Å². The largest absolute Gasteiger partial charge is 0.416 e. The number of anilines is 1. The van der Waals surface area contributed by atoms with Gasteiger partial charge in [-0.2, -0.15) is 18.2 Å². The van der Waals surface area contributed by atoms with Crippen LogP contribution in [-0.4, -0.2) is 26.7 Å². The highest BCUT2D eigenvalue weighted by molar-refractivity contribution is 9.10. The summed E-state index contributed by atoms with van der Waals surface area (Å²) in [7, 11) is 0. The van der Waals surface area contributed by atoms with Gasteiger partial charge in [-0.05, 0) is 63.6 Å². The molecule has 2 heterocycles. The van der Waals surface area contributed by atoms with Gasteiger partial charge in [0.25, 0.3) is 0 Å². The van der Waals surface area contributed by atoms with Crippen LogP contribution in [0.3, 0.4) is 0 Å². The molecule has 0 aliphatic heterocycles. The SMILES string of the molecule is OCCCc1c(CNc2nc(Cl)nc3ncc(Br)cc23)cccc1C(F)(F)F. The monoisotopic (exact) mass is 474 g/mol. The molecule has 2 N–H and O–H groups in total. The van der Waals surface area contributed by atoms with Crippen molar-refractivity contribution < 1.29 is 18.3 Å². The maximum Gasteiger partial charge on any atom is 0.416 e. The molecule has 28 heavy (non-hydrogen) atoms. The van der Waals surface area contributed by atoms with Gasteiger partial charge in [0.15, 0.2) is 5.65 Å². The first kappa shape index (κ1) is 20.8. The number of hydrogen-bond donors (Lipinski definition) is 2. The lowest BCUT2D eigenvalue weighted by Gasteiger charge is -2.18. The number of nitrogens with one attached hydrogen (secondary N) is 1. The maximum absolute atomic E-state index is 13.4. The predicted molar refractivity (Wildman–Crippen MR) is 104 cm³/mol. The molecule has 3 aromatic rings. The van der Waals surface area contributed by atoms with E-state index in [1.165, 1.54) is 6.07 Å². The molecule has 0 unspecified atom stereocenters. The highest BCUT2D eigenvalue weighted by Crippen LogP contribution is 2.34. The van der Waals surface area contributed by atoms with Crippen LogP contribution in [0, 0.1) is 0 Å². The lowest BCUT2D eigenvalue weighted by molar-refractivity contribution is -0.138. The van der Waals surface area contributed by atoms with E-state index in [2.05, 4.69) is 36.2 Å². The smallest absolute Gasteiger partial charge is 0.396 e. The number of pyridine rings is 1. The number of nitrogens with zero attached hydrogens (tertiary/aromatic N) is 3. The molecule has 5 nitrogen and oxygen atoms in total. The first-order valence-electron chi connectivity index (χ1n) is 8.31. The van der Waals surface area contributed by atoms with Crippen LogP contribution < -0.4 is 5.32 Å². The van der Waals surface area contributed by atoms with Gasteiger partial charge in [0.1, 0.15) is 5.82 Å². The molecule has 0 saturated carbocycles. The number of benzene rings is 1. The van der Waals surface area contributed by atoms with Gasteiger partial charge in [-0.25, -0.2) is 9.97 Å². The van der Waals surface area contributed by atoms with Crippen LogP contribution in [0.15, 0.2) is 34.9 Å². The Hall–Kier alpha value is -1.97. The minimum atomic E-state index is -4.47. The summed E-state index contributed by atoms with van der Waals surface area (Å²) in [6.07, 6.45) is -2.56. The summed E-state index contributed by atoms with van der Waals surface area (Å²) < 4.78 is 40.9. The van der Waals surface area contributed by atoms with Gasteiger partial charge >= 0.3 is 6.18 Å². The fraction of sp³-hybridized carbons (Fsp3) is 0.278. The normalized spacial score (nSPS) is 11.8. The van der Waals surface area contributed by atoms with Crippen LogP contribution in [0.25, 0.3) is 11.0 Å². The molecule has 0 aliphatic carbocycles. The number of aliphatic hydroxyl groups is 1. The fourth-order valence-corrected chi connectivity index (χ4v) is 3.39. The third-order valence-electron chi connectivity index (χ3n) is 4.10. The van der Waals surface area contributed by atoms with Crippen molar-refractivity contribution in [3.63, 3.8) is 0 Å². The zero-order chi connectivity index (χ0) is 20.3. The molecular formula is C18H15BrClF3N4O. The van der Waals surface area contributed by atoms with E-state index in [4.69, 9.17) is 16.7 Å². The second-order valence-electron chi connectivity index (χ2n) is 5.99. The van der Waals surface area contributed by atoms with E-state index in [0.29, 0.717) is 26.9 Å². The van der Waals surface area contributed by atoms with Crippen molar-refractivity contribution in [3.05, 3.63) is 56.9 Å². The molecule has 0 amide bonds. The van der Waals surface area contributed by atoms with Crippen LogP contribution in [0.1, 0.15) is 23.1 Å². The Bertz CT molecular complexity index is 1000. The van der Waals surface area contributed by atoms with Gasteiger partial charge in [0.2, 0.25) is 5.28 Å². The summed E-state index contributed by atoms with van der Waals surface area (Å²) in [5.41, 5.74) is 0.292. The molecule has 10 heteroatoms. The quantitative estimate of drug-likeness (QED) is 0.491. The molecule has 0 fully saturated rings. The fourth-order valence-electron chi connectivity index (χ4n) is 2.89. The highest BCUT2D eigenvalue weighted by atomic mass is 79.9. The Morgan fingerprint density at radius 2 is 2.00 bits per heavy atom. The Morgan fingerprint density at radius 1 is 1.21 bits per heavy atom. The molecule has 0 radical (unpaired) electrons. The van der Waals surface area contributed by atoms with Gasteiger partial charge in [0, 0.05) is 23.8 Å². The van der Waals surface area contributed by atoms with Gasteiger partial charge in [-0.3, -0.25) is 0 Å². The van der Waals surface area contributed by atoms with E-state index in [9.17, 15) is 13.2 Å². The second-order valence-corrected chi connectivity index (χ2v) is 7.24. The predicted octanol–water partition coefficient (Wildman–Crippen LogP) is 5.00. The number of rotatable bonds is 6. The standard InChI is InChI=1S/C18H15BrClF3N4O/c19-11-7-13-15(26-17(20)27-16(13)25-9-11)24-8-10-3-1-5-14(18(21,22)23)12(10)4-2-6-28/h1,3,5,7,9,28H,2,4,6,8H2,(H,24,25,26,27). The topological polar surface area (TPSA) is 70.9 Å². The molecule has 0 saturated heterocycles. The summed E-state index contributed by atoms with van der Waals surface area (Å²) in [6, 6.07) is 5.79. The van der Waals surface area contributed by atoms with E-state index < -0.39 is 11.7 Å². The first-order valence-corrected chi connectivity index (χ1v) is 9.48. The summed E-state index contributed by atoms with van der Waals surface area (Å²) in [5.74, 6) is 0.370. The molecule has 0 atom stereocenters. The summed E-state index contributed by atoms with van der Waals surface area (Å²) in [4.78, 5) is 12.3. The summed E-state index contributed by atoms with van der Waals surface area (Å²) in [5, 5.41) is 12.7. The van der Waals surface area contributed by atoms with E-state index in [1.807, 2.05) is 0 Å². The molecule has 0 bridgehead atoms. The molecule has 1 aromatic carbocycles. The maximum atomic E-state index is 13.4. The lowest BCUT2D eigenvalue weighted by atomic mass is 9.96.